The molecular formula is C20H17F17O. The van der Waals surface area contributed by atoms with E-state index in [1.165, 1.54) is 6.07 Å². The summed E-state index contributed by atoms with van der Waals surface area (Å²) in [5, 5.41) is 9.92. The van der Waals surface area contributed by atoms with Gasteiger partial charge in [0.25, 0.3) is 0 Å². The summed E-state index contributed by atoms with van der Waals surface area (Å²) in [7, 11) is 0. The van der Waals surface area contributed by atoms with Gasteiger partial charge in [-0.15, -0.1) is 0 Å². The number of halogens is 17. The molecule has 1 aromatic rings. The summed E-state index contributed by atoms with van der Waals surface area (Å²) in [5.41, 5.74) is -0.633. The molecule has 0 heterocycles. The minimum Gasteiger partial charge on any atom is -0.388 e. The fourth-order valence-corrected chi connectivity index (χ4v) is 3.13. The number of hydrogen-bond donors (Lipinski definition) is 1. The summed E-state index contributed by atoms with van der Waals surface area (Å²) in [6.45, 7) is 1.64. The highest BCUT2D eigenvalue weighted by Crippen LogP contribution is 2.64. The lowest BCUT2D eigenvalue weighted by molar-refractivity contribution is -0.462. The molecule has 0 aliphatic heterocycles. The zero-order valence-corrected chi connectivity index (χ0v) is 18.6. The molecular weight excluding hydrogens is 579 g/mol. The van der Waals surface area contributed by atoms with Gasteiger partial charge in [0.2, 0.25) is 0 Å². The summed E-state index contributed by atoms with van der Waals surface area (Å²) < 4.78 is 227. The van der Waals surface area contributed by atoms with Crippen LogP contribution >= 0.6 is 0 Å². The molecule has 1 N–H and O–H groups in total. The molecule has 0 saturated heterocycles. The van der Waals surface area contributed by atoms with Crippen LogP contribution in [-0.4, -0.2) is 52.7 Å². The highest BCUT2D eigenvalue weighted by molar-refractivity contribution is 5.30. The van der Waals surface area contributed by atoms with Gasteiger partial charge in [0.1, 0.15) is 0 Å². The van der Waals surface area contributed by atoms with E-state index in [4.69, 9.17) is 0 Å². The molecule has 1 rings (SSSR count). The van der Waals surface area contributed by atoms with Crippen LogP contribution in [0.25, 0.3) is 0 Å². The van der Waals surface area contributed by atoms with Crippen LogP contribution in [-0.2, 0) is 6.42 Å². The van der Waals surface area contributed by atoms with Gasteiger partial charge in [-0.3, -0.25) is 0 Å². The van der Waals surface area contributed by atoms with E-state index in [0.29, 0.717) is 12.8 Å². The molecule has 0 amide bonds. The third kappa shape index (κ3) is 5.12. The first-order valence-electron chi connectivity index (χ1n) is 10.2. The lowest BCUT2D eigenvalue weighted by Gasteiger charge is -2.43. The molecule has 0 fully saturated rings. The van der Waals surface area contributed by atoms with Crippen LogP contribution in [0, 0.1) is 0 Å². The Kier molecular flexibility index (Phi) is 9.12. The fourth-order valence-electron chi connectivity index (χ4n) is 3.13. The maximum Gasteiger partial charge on any atom is 0.460 e. The van der Waals surface area contributed by atoms with Crippen molar-refractivity contribution in [3.8, 4) is 0 Å². The molecule has 0 aliphatic carbocycles. The Morgan fingerprint density at radius 1 is 0.605 bits per heavy atom. The van der Waals surface area contributed by atoms with E-state index in [0.717, 1.165) is 18.2 Å². The molecule has 1 nitrogen and oxygen atoms in total. The highest BCUT2D eigenvalue weighted by atomic mass is 19.4. The van der Waals surface area contributed by atoms with E-state index in [2.05, 4.69) is 0 Å². The number of alkyl halides is 17. The lowest BCUT2D eigenvalue weighted by Crippen LogP contribution is -2.74. The van der Waals surface area contributed by atoms with Gasteiger partial charge < -0.3 is 5.11 Å². The van der Waals surface area contributed by atoms with Crippen LogP contribution in [0.2, 0.25) is 0 Å². The van der Waals surface area contributed by atoms with Crippen molar-refractivity contribution in [2.45, 2.75) is 86.3 Å². The molecule has 38 heavy (non-hydrogen) atoms. The third-order valence-corrected chi connectivity index (χ3v) is 5.45. The van der Waals surface area contributed by atoms with Crippen molar-refractivity contribution in [2.24, 2.45) is 0 Å². The summed E-state index contributed by atoms with van der Waals surface area (Å²) in [4.78, 5) is 0. The quantitative estimate of drug-likeness (QED) is 0.240. The van der Waals surface area contributed by atoms with E-state index in [1.54, 1.807) is 6.92 Å². The maximum absolute atomic E-state index is 14.2. The molecule has 222 valence electrons. The van der Waals surface area contributed by atoms with Crippen molar-refractivity contribution in [1.29, 1.82) is 0 Å². The van der Waals surface area contributed by atoms with E-state index >= 15 is 0 Å². The van der Waals surface area contributed by atoms with Gasteiger partial charge in [0.15, 0.2) is 0 Å². The van der Waals surface area contributed by atoms with Gasteiger partial charge in [0.05, 0.1) is 6.10 Å². The van der Waals surface area contributed by atoms with Gasteiger partial charge in [-0.25, -0.2) is 0 Å². The number of hydrogen-bond acceptors (Lipinski definition) is 1. The molecule has 18 heteroatoms. The Labute approximate surface area is 202 Å². The molecule has 0 radical (unpaired) electrons. The number of aliphatic hydroxyl groups is 1. The molecule has 0 saturated carbocycles. The van der Waals surface area contributed by atoms with Gasteiger partial charge in [-0.1, -0.05) is 37.6 Å². The topological polar surface area (TPSA) is 20.2 Å². The van der Waals surface area contributed by atoms with Crippen LogP contribution in [0.3, 0.4) is 0 Å². The Balaban J connectivity index is 3.53. The molecule has 0 aromatic heterocycles. The number of benzene rings is 1. The minimum atomic E-state index is -8.67. The summed E-state index contributed by atoms with van der Waals surface area (Å²) in [6.07, 6.45) is -12.8. The minimum absolute atomic E-state index is 0.00531. The summed E-state index contributed by atoms with van der Waals surface area (Å²) >= 11 is 0. The fraction of sp³-hybridized carbons (Fsp3) is 0.700. The number of aryl methyl sites for hydroxylation is 1. The Hall–Kier alpha value is -2.01. The summed E-state index contributed by atoms with van der Waals surface area (Å²) in [6, 6.07) is 4.29. The predicted octanol–water partition coefficient (Wildman–Crippen LogP) is 8.46. The van der Waals surface area contributed by atoms with E-state index in [1.807, 2.05) is 0 Å². The van der Waals surface area contributed by atoms with Crippen molar-refractivity contribution in [2.75, 3.05) is 0 Å². The van der Waals surface area contributed by atoms with Crippen LogP contribution in [0.5, 0.6) is 0 Å². The maximum atomic E-state index is 14.2. The van der Waals surface area contributed by atoms with Gasteiger partial charge in [0, 0.05) is 6.42 Å². The van der Waals surface area contributed by atoms with Gasteiger partial charge >= 0.3 is 47.6 Å². The van der Waals surface area contributed by atoms with Crippen molar-refractivity contribution < 1.29 is 79.7 Å². The van der Waals surface area contributed by atoms with E-state index in [-0.39, 0.29) is 12.0 Å². The lowest BCUT2D eigenvalue weighted by atomic mass is 9.86. The van der Waals surface area contributed by atoms with Crippen LogP contribution in [0.1, 0.15) is 43.4 Å². The molecule has 1 atom stereocenters. The smallest absolute Gasteiger partial charge is 0.388 e. The number of unbranched alkanes of at least 4 members (excludes halogenated alkanes) is 1. The highest BCUT2D eigenvalue weighted by Gasteiger charge is 2.95. The predicted molar refractivity (Wildman–Crippen MR) is 95.3 cm³/mol. The molecule has 1 unspecified atom stereocenters. The van der Waals surface area contributed by atoms with Crippen molar-refractivity contribution in [3.05, 3.63) is 35.4 Å². The largest absolute Gasteiger partial charge is 0.460 e. The van der Waals surface area contributed by atoms with Crippen molar-refractivity contribution >= 4 is 0 Å². The van der Waals surface area contributed by atoms with Crippen LogP contribution in [0.15, 0.2) is 24.3 Å². The average Bonchev–Trinajstić information content (AvgIpc) is 2.75. The first kappa shape index (κ1) is 34.0. The van der Waals surface area contributed by atoms with Crippen LogP contribution < -0.4 is 0 Å². The average molecular weight is 596 g/mol. The van der Waals surface area contributed by atoms with Gasteiger partial charge in [-0.2, -0.15) is 74.6 Å². The van der Waals surface area contributed by atoms with E-state index in [9.17, 15) is 79.7 Å². The Morgan fingerprint density at radius 2 is 1.00 bits per heavy atom. The normalized spacial score (nSPS) is 16.1. The van der Waals surface area contributed by atoms with E-state index < -0.39 is 65.7 Å². The second-order valence-corrected chi connectivity index (χ2v) is 8.17. The first-order chi connectivity index (χ1) is 16.7. The standard InChI is InChI=1S/C20H17F17O/c1-2-3-6-10-7-4-5-8-11(10)12(38)9-13(21,22)14(23,24)15(25,26)16(27,28)17(29,30)18(31,32)19(33,34)20(35,36)37/h4-5,7-8,12,38H,2-3,6,9H2,1H3. The molecule has 0 aliphatic rings. The summed E-state index contributed by atoms with van der Waals surface area (Å²) in [5.74, 6) is -56.9. The molecule has 1 aromatic carbocycles. The zero-order valence-electron chi connectivity index (χ0n) is 18.6. The second-order valence-electron chi connectivity index (χ2n) is 8.17. The van der Waals surface area contributed by atoms with Crippen LogP contribution in [0.4, 0.5) is 74.6 Å². The molecule has 0 bridgehead atoms. The van der Waals surface area contributed by atoms with Gasteiger partial charge in [-0.05, 0) is 24.0 Å². The zero-order chi connectivity index (χ0) is 30.4. The number of aliphatic hydroxyl groups excluding tert-OH is 1. The monoisotopic (exact) mass is 596 g/mol. The SMILES string of the molecule is CCCCc1ccccc1C(O)CC(F)(F)C(F)(F)C(F)(F)C(F)(F)C(F)(F)C(F)(F)C(F)(F)C(F)(F)F. The van der Waals surface area contributed by atoms with Crippen molar-refractivity contribution in [1.82, 2.24) is 0 Å². The Morgan fingerprint density at radius 3 is 1.42 bits per heavy atom. The Bertz CT molecular complexity index is 951. The van der Waals surface area contributed by atoms with Crippen molar-refractivity contribution in [3.63, 3.8) is 0 Å². The molecule has 0 spiro atoms. The first-order valence-corrected chi connectivity index (χ1v) is 10.2. The third-order valence-electron chi connectivity index (χ3n) is 5.45. The number of rotatable bonds is 12. The second kappa shape index (κ2) is 10.2.